The van der Waals surface area contributed by atoms with Crippen LogP contribution in [0, 0.1) is 12.0 Å². The maximum Gasteiger partial charge on any atom is 0.203 e. The van der Waals surface area contributed by atoms with Gasteiger partial charge < -0.3 is 14.2 Å². The van der Waals surface area contributed by atoms with Gasteiger partial charge in [-0.05, 0) is 30.9 Å². The molecule has 129 valence electrons. The van der Waals surface area contributed by atoms with Gasteiger partial charge in [0.1, 0.15) is 0 Å². The lowest BCUT2D eigenvalue weighted by molar-refractivity contribution is 0.320. The van der Waals surface area contributed by atoms with Crippen molar-refractivity contribution < 1.29 is 14.2 Å². The van der Waals surface area contributed by atoms with Gasteiger partial charge in [0.15, 0.2) is 11.5 Å². The van der Waals surface area contributed by atoms with Crippen molar-refractivity contribution in [2.24, 2.45) is 5.92 Å². The first-order chi connectivity index (χ1) is 11.3. The van der Waals surface area contributed by atoms with Crippen molar-refractivity contribution in [2.45, 2.75) is 64.2 Å². The number of methoxy groups -OCH3 is 3. The number of rotatable bonds is 9. The second-order valence-electron chi connectivity index (χ2n) is 6.51. The van der Waals surface area contributed by atoms with Crippen molar-refractivity contribution in [1.82, 2.24) is 0 Å². The summed E-state index contributed by atoms with van der Waals surface area (Å²) in [5.74, 6) is 3.10. The van der Waals surface area contributed by atoms with Crippen LogP contribution in [0.4, 0.5) is 0 Å². The molecule has 1 saturated carbocycles. The molecule has 3 nitrogen and oxygen atoms in total. The molecule has 0 saturated heterocycles. The molecule has 1 aromatic rings. The van der Waals surface area contributed by atoms with E-state index in [-0.39, 0.29) is 0 Å². The summed E-state index contributed by atoms with van der Waals surface area (Å²) in [5, 5.41) is 0. The first kappa shape index (κ1) is 18.0. The van der Waals surface area contributed by atoms with E-state index in [1.54, 1.807) is 21.3 Å². The van der Waals surface area contributed by atoms with Crippen LogP contribution in [0.3, 0.4) is 0 Å². The Hall–Kier alpha value is -1.38. The molecule has 2 rings (SSSR count). The Morgan fingerprint density at radius 2 is 1.65 bits per heavy atom. The second-order valence-corrected chi connectivity index (χ2v) is 6.51. The van der Waals surface area contributed by atoms with Crippen molar-refractivity contribution in [3.8, 4) is 17.2 Å². The van der Waals surface area contributed by atoms with Crippen LogP contribution < -0.4 is 14.2 Å². The van der Waals surface area contributed by atoms with Crippen molar-refractivity contribution in [2.75, 3.05) is 21.3 Å². The van der Waals surface area contributed by atoms with Gasteiger partial charge in [0, 0.05) is 5.56 Å². The van der Waals surface area contributed by atoms with Crippen molar-refractivity contribution >= 4 is 0 Å². The van der Waals surface area contributed by atoms with E-state index in [0.717, 1.165) is 23.7 Å². The number of benzene rings is 1. The molecule has 0 atom stereocenters. The molecule has 1 fully saturated rings. The fraction of sp³-hybridized carbons (Fsp3) is 0.700. The highest BCUT2D eigenvalue weighted by Gasteiger charge is 2.16. The van der Waals surface area contributed by atoms with Gasteiger partial charge in [0.05, 0.1) is 21.3 Å². The number of ether oxygens (including phenoxy) is 3. The monoisotopic (exact) mass is 319 g/mol. The maximum atomic E-state index is 5.53. The van der Waals surface area contributed by atoms with Crippen LogP contribution >= 0.6 is 0 Å². The van der Waals surface area contributed by atoms with Gasteiger partial charge in [-0.15, -0.1) is 0 Å². The third-order valence-electron chi connectivity index (χ3n) is 4.97. The van der Waals surface area contributed by atoms with E-state index in [0.29, 0.717) is 11.5 Å². The number of hydrogen-bond donors (Lipinski definition) is 0. The molecule has 0 N–H and O–H groups in total. The summed E-state index contributed by atoms with van der Waals surface area (Å²) < 4.78 is 16.3. The summed E-state index contributed by atoms with van der Waals surface area (Å²) in [4.78, 5) is 0. The minimum Gasteiger partial charge on any atom is -0.493 e. The summed E-state index contributed by atoms with van der Waals surface area (Å²) in [6.45, 7) is 0. The van der Waals surface area contributed by atoms with Crippen LogP contribution in [0.5, 0.6) is 17.2 Å². The van der Waals surface area contributed by atoms with Crippen LogP contribution in [0.2, 0.25) is 0 Å². The molecule has 3 heteroatoms. The molecule has 0 unspecified atom stereocenters. The zero-order valence-electron chi connectivity index (χ0n) is 15.0. The van der Waals surface area contributed by atoms with Gasteiger partial charge in [-0.3, -0.25) is 0 Å². The fourth-order valence-electron chi connectivity index (χ4n) is 3.67. The average molecular weight is 319 g/mol. The van der Waals surface area contributed by atoms with Gasteiger partial charge in [-0.1, -0.05) is 51.4 Å². The van der Waals surface area contributed by atoms with E-state index in [4.69, 9.17) is 14.2 Å². The Morgan fingerprint density at radius 1 is 0.913 bits per heavy atom. The third-order valence-corrected chi connectivity index (χ3v) is 4.97. The van der Waals surface area contributed by atoms with E-state index in [1.165, 1.54) is 57.8 Å². The summed E-state index contributed by atoms with van der Waals surface area (Å²) in [6.07, 6.45) is 13.4. The van der Waals surface area contributed by atoms with Crippen molar-refractivity contribution in [3.05, 3.63) is 17.7 Å². The van der Waals surface area contributed by atoms with Crippen LogP contribution in [0.1, 0.15) is 63.4 Å². The highest BCUT2D eigenvalue weighted by molar-refractivity contribution is 5.55. The van der Waals surface area contributed by atoms with E-state index in [2.05, 4.69) is 6.07 Å². The topological polar surface area (TPSA) is 27.7 Å². The molecule has 1 aromatic carbocycles. The smallest absolute Gasteiger partial charge is 0.203 e. The Bertz CT molecular complexity index is 464. The number of aryl methyl sites for hydroxylation is 1. The summed E-state index contributed by atoms with van der Waals surface area (Å²) in [5.41, 5.74) is 1.09. The minimum atomic E-state index is 0.672. The predicted octanol–water partition coefficient (Wildman–Crippen LogP) is 5.20. The van der Waals surface area contributed by atoms with E-state index < -0.39 is 0 Å². The van der Waals surface area contributed by atoms with Crippen LogP contribution in [-0.4, -0.2) is 21.3 Å². The zero-order valence-corrected chi connectivity index (χ0v) is 15.0. The first-order valence-corrected chi connectivity index (χ1v) is 8.99. The van der Waals surface area contributed by atoms with Crippen LogP contribution in [-0.2, 0) is 6.42 Å². The van der Waals surface area contributed by atoms with Crippen LogP contribution in [0.15, 0.2) is 6.07 Å². The minimum absolute atomic E-state index is 0.672. The molecule has 1 aliphatic carbocycles. The molecule has 1 radical (unpaired) electrons. The molecule has 0 bridgehead atoms. The Labute approximate surface area is 141 Å². The molecule has 1 aliphatic rings. The standard InChI is InChI=1S/C20H31O3/c1-21-18-15-14-17(19(22-2)20(18)23-3)13-9-5-8-12-16-10-6-4-7-11-16/h15-16H,4-13H2,1-3H3. The normalized spacial score (nSPS) is 15.4. The average Bonchev–Trinajstić information content (AvgIpc) is 2.61. The van der Waals surface area contributed by atoms with E-state index in [9.17, 15) is 0 Å². The lowest BCUT2D eigenvalue weighted by atomic mass is 9.85. The maximum absolute atomic E-state index is 5.53. The van der Waals surface area contributed by atoms with Crippen LogP contribution in [0.25, 0.3) is 0 Å². The Balaban J connectivity index is 1.80. The number of hydrogen-bond acceptors (Lipinski definition) is 3. The molecular formula is C20H31O3. The second kappa shape index (κ2) is 9.69. The van der Waals surface area contributed by atoms with Gasteiger partial charge in [-0.2, -0.15) is 0 Å². The Morgan fingerprint density at radius 3 is 2.30 bits per heavy atom. The molecular weight excluding hydrogens is 288 g/mol. The van der Waals surface area contributed by atoms with Gasteiger partial charge in [-0.25, -0.2) is 0 Å². The SMILES string of the molecule is COc1c[c]c(CCCCCC2CCCCC2)c(OC)c1OC. The van der Waals surface area contributed by atoms with E-state index >= 15 is 0 Å². The van der Waals surface area contributed by atoms with Crippen molar-refractivity contribution in [1.29, 1.82) is 0 Å². The highest BCUT2D eigenvalue weighted by atomic mass is 16.5. The van der Waals surface area contributed by atoms with E-state index in [1.807, 2.05) is 6.07 Å². The third kappa shape index (κ3) is 5.05. The fourth-order valence-corrected chi connectivity index (χ4v) is 3.67. The number of unbranched alkanes of at least 4 members (excludes halogenated alkanes) is 2. The highest BCUT2D eigenvalue weighted by Crippen LogP contribution is 2.40. The molecule has 23 heavy (non-hydrogen) atoms. The van der Waals surface area contributed by atoms with Gasteiger partial charge >= 0.3 is 0 Å². The van der Waals surface area contributed by atoms with Crippen molar-refractivity contribution in [3.63, 3.8) is 0 Å². The first-order valence-electron chi connectivity index (χ1n) is 8.99. The summed E-state index contributed by atoms with van der Waals surface area (Å²) >= 11 is 0. The lowest BCUT2D eigenvalue weighted by Gasteiger charge is -2.21. The zero-order chi connectivity index (χ0) is 16.5. The van der Waals surface area contributed by atoms with Gasteiger partial charge in [0.25, 0.3) is 0 Å². The predicted molar refractivity (Wildman–Crippen MR) is 93.7 cm³/mol. The molecule has 0 aromatic heterocycles. The largest absolute Gasteiger partial charge is 0.493 e. The quantitative estimate of drug-likeness (QED) is 0.586. The summed E-state index contributed by atoms with van der Waals surface area (Å²) in [7, 11) is 4.96. The molecule has 0 spiro atoms. The molecule has 0 aliphatic heterocycles. The molecule has 0 heterocycles. The van der Waals surface area contributed by atoms with Gasteiger partial charge in [0.2, 0.25) is 5.75 Å². The lowest BCUT2D eigenvalue weighted by Crippen LogP contribution is -2.05. The Kier molecular flexibility index (Phi) is 7.57. The molecule has 0 amide bonds. The summed E-state index contributed by atoms with van der Waals surface area (Å²) in [6, 6.07) is 5.14.